The molecular formula is C29H36N4O3. The van der Waals surface area contributed by atoms with E-state index in [4.69, 9.17) is 0 Å². The smallest absolute Gasteiger partial charge is 0.257 e. The number of nitrogens with zero attached hydrogens (tertiary/aromatic N) is 2. The number of aryl methyl sites for hydroxylation is 2. The van der Waals surface area contributed by atoms with Gasteiger partial charge in [0.15, 0.2) is 0 Å². The average Bonchev–Trinajstić information content (AvgIpc) is 3.00. The maximum absolute atomic E-state index is 13.3. The van der Waals surface area contributed by atoms with E-state index in [-0.39, 0.29) is 29.5 Å². The van der Waals surface area contributed by atoms with Crippen molar-refractivity contribution in [2.75, 3.05) is 15.5 Å². The molecule has 1 unspecified atom stereocenters. The molecule has 0 spiro atoms. The standard InChI is InChI=1S/C29H36N4O3/c1-10-12-20(11-2)19(6)30-24-15-25-22(29(7,8)28(36)33(25)17(3)4)14-23(24)31-26(34)21-13-18(5)27(35)32(9)16-21/h10-17,19,30H,1-2H2,3-9H3,(H,31,34)/b20-12+. The molecule has 1 aliphatic rings. The van der Waals surface area contributed by atoms with Crippen LogP contribution in [0, 0.1) is 6.92 Å². The van der Waals surface area contributed by atoms with Gasteiger partial charge in [0.2, 0.25) is 5.91 Å². The van der Waals surface area contributed by atoms with E-state index in [9.17, 15) is 14.4 Å². The SMILES string of the molecule is C=C/C=C(\C=C)C(C)Nc1cc2c(cc1NC(=O)c1cc(C)c(=O)n(C)c1)C(C)(C)C(=O)N2C(C)C. The van der Waals surface area contributed by atoms with Crippen molar-refractivity contribution in [3.8, 4) is 0 Å². The van der Waals surface area contributed by atoms with Gasteiger partial charge in [-0.15, -0.1) is 0 Å². The number of aromatic nitrogens is 1. The van der Waals surface area contributed by atoms with Crippen molar-refractivity contribution in [1.82, 2.24) is 4.57 Å². The van der Waals surface area contributed by atoms with Gasteiger partial charge in [-0.25, -0.2) is 0 Å². The second-order valence-electron chi connectivity index (χ2n) is 10.1. The number of rotatable bonds is 8. The summed E-state index contributed by atoms with van der Waals surface area (Å²) < 4.78 is 1.40. The van der Waals surface area contributed by atoms with Crippen molar-refractivity contribution in [1.29, 1.82) is 0 Å². The zero-order valence-corrected chi connectivity index (χ0v) is 22.2. The van der Waals surface area contributed by atoms with Crippen LogP contribution in [0.1, 0.15) is 56.1 Å². The molecule has 190 valence electrons. The van der Waals surface area contributed by atoms with Crippen LogP contribution in [0.2, 0.25) is 0 Å². The Labute approximate surface area is 213 Å². The Hall–Kier alpha value is -3.87. The predicted octanol–water partition coefficient (Wildman–Crippen LogP) is 5.08. The van der Waals surface area contributed by atoms with Crippen molar-refractivity contribution >= 4 is 28.9 Å². The van der Waals surface area contributed by atoms with E-state index in [1.807, 2.05) is 52.8 Å². The number of hydrogen-bond acceptors (Lipinski definition) is 4. The lowest BCUT2D eigenvalue weighted by atomic mass is 9.85. The molecule has 3 rings (SSSR count). The fraction of sp³-hybridized carbons (Fsp3) is 0.345. The average molecular weight is 489 g/mol. The molecular weight excluding hydrogens is 452 g/mol. The summed E-state index contributed by atoms with van der Waals surface area (Å²) in [4.78, 5) is 40.5. The van der Waals surface area contributed by atoms with E-state index >= 15 is 0 Å². The number of hydrogen-bond donors (Lipinski definition) is 2. The zero-order chi connectivity index (χ0) is 26.9. The molecule has 1 aromatic carbocycles. The van der Waals surface area contributed by atoms with Crippen LogP contribution in [-0.4, -0.2) is 28.5 Å². The Morgan fingerprint density at radius 1 is 1.08 bits per heavy atom. The largest absolute Gasteiger partial charge is 0.377 e. The maximum Gasteiger partial charge on any atom is 0.257 e. The molecule has 0 fully saturated rings. The molecule has 36 heavy (non-hydrogen) atoms. The number of fused-ring (bicyclic) bond motifs is 1. The van der Waals surface area contributed by atoms with Crippen LogP contribution in [0.25, 0.3) is 0 Å². The van der Waals surface area contributed by atoms with Gasteiger partial charge in [-0.3, -0.25) is 14.4 Å². The fourth-order valence-electron chi connectivity index (χ4n) is 4.59. The highest BCUT2D eigenvalue weighted by Crippen LogP contribution is 2.46. The highest BCUT2D eigenvalue weighted by molar-refractivity contribution is 6.11. The van der Waals surface area contributed by atoms with Crippen LogP contribution in [0.5, 0.6) is 0 Å². The van der Waals surface area contributed by atoms with E-state index in [2.05, 4.69) is 23.8 Å². The fourth-order valence-corrected chi connectivity index (χ4v) is 4.59. The molecule has 0 saturated heterocycles. The van der Waals surface area contributed by atoms with E-state index in [0.29, 0.717) is 22.5 Å². The Balaban J connectivity index is 2.15. The van der Waals surface area contributed by atoms with E-state index in [0.717, 1.165) is 16.8 Å². The Morgan fingerprint density at radius 3 is 2.31 bits per heavy atom. The van der Waals surface area contributed by atoms with Crippen molar-refractivity contribution < 1.29 is 9.59 Å². The second kappa shape index (κ2) is 10.0. The van der Waals surface area contributed by atoms with Crippen LogP contribution in [0.15, 0.2) is 66.1 Å². The van der Waals surface area contributed by atoms with Gasteiger partial charge >= 0.3 is 0 Å². The van der Waals surface area contributed by atoms with Gasteiger partial charge in [0.25, 0.3) is 11.5 Å². The number of carbonyl (C=O) groups excluding carboxylic acids is 2. The summed E-state index contributed by atoms with van der Waals surface area (Å²) in [7, 11) is 1.62. The number of carbonyl (C=O) groups is 2. The minimum Gasteiger partial charge on any atom is -0.377 e. The van der Waals surface area contributed by atoms with Crippen LogP contribution >= 0.6 is 0 Å². The zero-order valence-electron chi connectivity index (χ0n) is 22.2. The number of amides is 2. The van der Waals surface area contributed by atoms with Crippen LogP contribution in [0.4, 0.5) is 17.1 Å². The second-order valence-corrected chi connectivity index (χ2v) is 10.1. The summed E-state index contributed by atoms with van der Waals surface area (Å²) in [6, 6.07) is 5.21. The molecule has 0 aliphatic carbocycles. The van der Waals surface area contributed by atoms with Gasteiger partial charge in [0.05, 0.1) is 28.0 Å². The molecule has 2 heterocycles. The van der Waals surface area contributed by atoms with Crippen molar-refractivity contribution in [3.05, 3.63) is 88.4 Å². The molecule has 7 heteroatoms. The summed E-state index contributed by atoms with van der Waals surface area (Å²) in [5.41, 5.74) is 3.76. The molecule has 1 atom stereocenters. The first kappa shape index (κ1) is 26.7. The van der Waals surface area contributed by atoms with Crippen LogP contribution in [0.3, 0.4) is 0 Å². The molecule has 1 aliphatic heterocycles. The quantitative estimate of drug-likeness (QED) is 0.508. The van der Waals surface area contributed by atoms with Gasteiger partial charge in [0.1, 0.15) is 0 Å². The Bertz CT molecular complexity index is 1300. The molecule has 2 N–H and O–H groups in total. The summed E-state index contributed by atoms with van der Waals surface area (Å²) >= 11 is 0. The third-order valence-electron chi connectivity index (χ3n) is 6.63. The number of nitrogens with one attached hydrogen (secondary N) is 2. The normalized spacial score (nSPS) is 15.5. The van der Waals surface area contributed by atoms with Gasteiger partial charge in [-0.05, 0) is 70.9 Å². The van der Waals surface area contributed by atoms with Crippen LogP contribution in [-0.2, 0) is 17.3 Å². The van der Waals surface area contributed by atoms with E-state index in [1.165, 1.54) is 10.8 Å². The van der Waals surface area contributed by atoms with Crippen molar-refractivity contribution in [3.63, 3.8) is 0 Å². The molecule has 1 aromatic heterocycles. The van der Waals surface area contributed by atoms with Gasteiger partial charge < -0.3 is 20.1 Å². The highest BCUT2D eigenvalue weighted by atomic mass is 16.2. The predicted molar refractivity (Wildman–Crippen MR) is 148 cm³/mol. The minimum atomic E-state index is -0.745. The van der Waals surface area contributed by atoms with E-state index in [1.54, 1.807) is 37.1 Å². The lowest BCUT2D eigenvalue weighted by molar-refractivity contribution is -0.122. The van der Waals surface area contributed by atoms with Gasteiger partial charge in [0, 0.05) is 30.9 Å². The first-order valence-corrected chi connectivity index (χ1v) is 12.1. The van der Waals surface area contributed by atoms with Gasteiger partial charge in [-0.1, -0.05) is 31.4 Å². The summed E-state index contributed by atoms with van der Waals surface area (Å²) in [5.74, 6) is -0.334. The minimum absolute atomic E-state index is 0.0157. The highest BCUT2D eigenvalue weighted by Gasteiger charge is 2.45. The van der Waals surface area contributed by atoms with Crippen molar-refractivity contribution in [2.45, 2.75) is 59.0 Å². The Morgan fingerprint density at radius 2 is 1.75 bits per heavy atom. The molecule has 7 nitrogen and oxygen atoms in total. The molecule has 0 radical (unpaired) electrons. The lowest BCUT2D eigenvalue weighted by Crippen LogP contribution is -2.40. The third-order valence-corrected chi connectivity index (χ3v) is 6.63. The number of pyridine rings is 1. The Kier molecular flexibility index (Phi) is 7.43. The number of allylic oxidation sites excluding steroid dienone is 2. The number of anilines is 3. The third kappa shape index (κ3) is 4.78. The molecule has 0 saturated carbocycles. The lowest BCUT2D eigenvalue weighted by Gasteiger charge is -2.25. The van der Waals surface area contributed by atoms with Crippen molar-refractivity contribution in [2.24, 2.45) is 7.05 Å². The topological polar surface area (TPSA) is 83.4 Å². The molecule has 2 amide bonds. The van der Waals surface area contributed by atoms with E-state index < -0.39 is 5.41 Å². The monoisotopic (exact) mass is 488 g/mol. The summed E-state index contributed by atoms with van der Waals surface area (Å²) in [6.45, 7) is 19.1. The van der Waals surface area contributed by atoms with Gasteiger partial charge in [-0.2, -0.15) is 0 Å². The first-order valence-electron chi connectivity index (χ1n) is 12.1. The summed E-state index contributed by atoms with van der Waals surface area (Å²) in [5, 5.41) is 6.48. The molecule has 2 aromatic rings. The molecule has 0 bridgehead atoms. The number of benzene rings is 1. The first-order chi connectivity index (χ1) is 16.8. The van der Waals surface area contributed by atoms with Crippen LogP contribution < -0.4 is 21.1 Å². The summed E-state index contributed by atoms with van der Waals surface area (Å²) in [6.07, 6.45) is 6.84. The maximum atomic E-state index is 13.3.